The Morgan fingerprint density at radius 1 is 0.902 bits per heavy atom. The molecule has 10 heteroatoms. The zero-order valence-electron chi connectivity index (χ0n) is 27.4. The number of hydrogen-bond acceptors (Lipinski definition) is 4. The van der Waals surface area contributed by atoms with E-state index >= 15 is 0 Å². The van der Waals surface area contributed by atoms with Crippen LogP contribution in [0.2, 0.25) is 36.3 Å². The molecule has 0 unspecified atom stereocenters. The van der Waals surface area contributed by atoms with Gasteiger partial charge in [-0.1, -0.05) is 109 Å². The van der Waals surface area contributed by atoms with E-state index in [9.17, 15) is 4.79 Å². The second kappa shape index (κ2) is 20.7. The molecule has 0 heterocycles. The van der Waals surface area contributed by atoms with Crippen molar-refractivity contribution in [3.63, 3.8) is 0 Å². The van der Waals surface area contributed by atoms with Gasteiger partial charge in [-0.3, -0.25) is 4.79 Å². The first-order chi connectivity index (χ1) is 18.9. The van der Waals surface area contributed by atoms with Gasteiger partial charge in [-0.15, -0.1) is 23.2 Å². The number of ether oxygens (including phenoxy) is 1. The van der Waals surface area contributed by atoms with Crippen LogP contribution >= 0.6 is 46.4 Å². The lowest BCUT2D eigenvalue weighted by atomic mass is 10.0. The summed E-state index contributed by atoms with van der Waals surface area (Å²) in [6.45, 7) is 19.8. The molecule has 0 fully saturated rings. The minimum absolute atomic E-state index is 0.000397. The van der Waals surface area contributed by atoms with Crippen LogP contribution in [0, 0.1) is 0 Å². The van der Waals surface area contributed by atoms with Crippen molar-refractivity contribution in [1.29, 1.82) is 0 Å². The fourth-order valence-electron chi connectivity index (χ4n) is 4.41. The second-order valence-corrected chi connectivity index (χ2v) is 25.3. The number of esters is 1. The molecule has 0 aromatic carbocycles. The fourth-order valence-corrected chi connectivity index (χ4v) is 9.70. The molecular formula is C31H60Cl4O4Si2. The molecule has 0 saturated carbocycles. The first kappa shape index (κ1) is 41.7. The molecule has 0 saturated heterocycles. The molecule has 0 N–H and O–H groups in total. The average Bonchev–Trinajstić information content (AvgIpc) is 2.88. The Morgan fingerprint density at radius 2 is 1.44 bits per heavy atom. The number of hydrogen-bond donors (Lipinski definition) is 0. The molecule has 0 aliphatic carbocycles. The lowest BCUT2D eigenvalue weighted by molar-refractivity contribution is -0.139. The molecule has 0 aromatic rings. The van der Waals surface area contributed by atoms with Gasteiger partial charge in [0.25, 0.3) is 0 Å². The molecule has 0 rings (SSSR count). The van der Waals surface area contributed by atoms with Gasteiger partial charge in [0.2, 0.25) is 0 Å². The van der Waals surface area contributed by atoms with Crippen LogP contribution in [0.15, 0.2) is 12.2 Å². The molecule has 0 radical (unpaired) electrons. The normalized spacial score (nSPS) is 15.7. The van der Waals surface area contributed by atoms with Gasteiger partial charge in [0.05, 0.1) is 18.1 Å². The molecule has 0 aliphatic heterocycles. The average molecular weight is 695 g/mol. The molecule has 0 aromatic heterocycles. The van der Waals surface area contributed by atoms with Crippen molar-refractivity contribution in [2.75, 3.05) is 13.2 Å². The summed E-state index contributed by atoms with van der Waals surface area (Å²) in [5.74, 6) is -0.298. The van der Waals surface area contributed by atoms with Crippen LogP contribution in [0.4, 0.5) is 0 Å². The van der Waals surface area contributed by atoms with Gasteiger partial charge in [0, 0.05) is 12.3 Å². The predicted octanol–water partition coefficient (Wildman–Crippen LogP) is 11.4. The Morgan fingerprint density at radius 3 is 1.95 bits per heavy atom. The first-order valence-electron chi connectivity index (χ1n) is 15.7. The molecule has 3 atom stereocenters. The maximum atomic E-state index is 11.1. The van der Waals surface area contributed by atoms with Gasteiger partial charge in [-0.25, -0.2) is 0 Å². The highest BCUT2D eigenvalue weighted by Crippen LogP contribution is 2.39. The van der Waals surface area contributed by atoms with Crippen LogP contribution in [0.25, 0.3) is 0 Å². The van der Waals surface area contributed by atoms with E-state index in [1.54, 1.807) is 0 Å². The third-order valence-corrected chi connectivity index (χ3v) is 19.2. The molecule has 41 heavy (non-hydrogen) atoms. The maximum Gasteiger partial charge on any atom is 0.302 e. The standard InChI is InChI=1S/C31H60Cl4O4Si2/c1-10-41(11-2,12-3)39-29(21-19-23-37-26(4)36)28(33)24-27(32)20-17-15-13-14-16-18-22-31(34,35)25-38-40(8,9)30(5,6)7/h19,21,27-29H,10-18,20,22-25H2,1-9H3/b21-19+/t27-,28-,29+/m0/s1. The molecule has 0 amide bonds. The lowest BCUT2D eigenvalue weighted by Crippen LogP contribution is -2.43. The van der Waals surface area contributed by atoms with Gasteiger partial charge < -0.3 is 13.6 Å². The number of carbonyl (C=O) groups is 1. The monoisotopic (exact) mass is 692 g/mol. The molecule has 0 spiro atoms. The van der Waals surface area contributed by atoms with Crippen molar-refractivity contribution < 1.29 is 18.4 Å². The van der Waals surface area contributed by atoms with E-state index in [0.29, 0.717) is 13.0 Å². The van der Waals surface area contributed by atoms with Crippen molar-refractivity contribution >= 4 is 69.0 Å². The van der Waals surface area contributed by atoms with Crippen molar-refractivity contribution in [2.45, 2.75) is 164 Å². The molecular weight excluding hydrogens is 634 g/mol. The van der Waals surface area contributed by atoms with E-state index in [2.05, 4.69) is 54.6 Å². The van der Waals surface area contributed by atoms with Gasteiger partial charge in [0.15, 0.2) is 16.6 Å². The number of carbonyl (C=O) groups excluding carboxylic acids is 1. The fraction of sp³-hybridized carbons (Fsp3) is 0.903. The van der Waals surface area contributed by atoms with E-state index in [1.165, 1.54) is 19.8 Å². The van der Waals surface area contributed by atoms with Crippen LogP contribution in [0.3, 0.4) is 0 Å². The second-order valence-electron chi connectivity index (χ2n) is 13.0. The Balaban J connectivity index is 4.48. The van der Waals surface area contributed by atoms with E-state index in [0.717, 1.165) is 56.7 Å². The minimum Gasteiger partial charge on any atom is -0.462 e. The van der Waals surface area contributed by atoms with E-state index in [4.69, 9.17) is 60.0 Å². The Bertz CT molecular complexity index is 732. The van der Waals surface area contributed by atoms with Crippen molar-refractivity contribution in [3.05, 3.63) is 12.2 Å². The van der Waals surface area contributed by atoms with Gasteiger partial charge in [-0.05, 0) is 61.6 Å². The summed E-state index contributed by atoms with van der Waals surface area (Å²) in [6.07, 6.45) is 12.6. The zero-order chi connectivity index (χ0) is 31.7. The van der Waals surface area contributed by atoms with Crippen molar-refractivity contribution in [3.8, 4) is 0 Å². The highest BCUT2D eigenvalue weighted by Gasteiger charge is 2.39. The first-order valence-corrected chi connectivity index (χ1v) is 22.8. The summed E-state index contributed by atoms with van der Waals surface area (Å²) in [4.78, 5) is 11.1. The molecule has 0 aliphatic rings. The van der Waals surface area contributed by atoms with E-state index in [1.807, 2.05) is 12.2 Å². The highest BCUT2D eigenvalue weighted by molar-refractivity contribution is 6.74. The van der Waals surface area contributed by atoms with E-state index < -0.39 is 21.0 Å². The maximum absolute atomic E-state index is 11.1. The Kier molecular flexibility index (Phi) is 21.1. The molecule has 244 valence electrons. The molecule has 4 nitrogen and oxygen atoms in total. The quantitative estimate of drug-likeness (QED) is 0.0351. The van der Waals surface area contributed by atoms with Crippen LogP contribution in [-0.2, 0) is 18.4 Å². The van der Waals surface area contributed by atoms with Crippen LogP contribution in [-0.4, -0.2) is 57.0 Å². The van der Waals surface area contributed by atoms with Gasteiger partial charge in [0.1, 0.15) is 10.9 Å². The topological polar surface area (TPSA) is 44.8 Å². The number of alkyl halides is 4. The summed E-state index contributed by atoms with van der Waals surface area (Å²) in [6, 6.07) is 3.14. The third kappa shape index (κ3) is 18.3. The van der Waals surface area contributed by atoms with Crippen LogP contribution in [0.1, 0.15) is 106 Å². The minimum atomic E-state index is -1.86. The number of halogens is 4. The SMILES string of the molecule is CC[Si](CC)(CC)O[C@H](/C=C/COC(C)=O)[C@@H](Cl)C[C@@H](Cl)CCCCCCCCC(Cl)(Cl)CO[Si](C)(C)C(C)(C)C. The number of unbranched alkanes of at least 4 members (excludes halogenated alkanes) is 5. The van der Waals surface area contributed by atoms with Gasteiger partial charge in [-0.2, -0.15) is 0 Å². The smallest absolute Gasteiger partial charge is 0.302 e. The Hall–Kier alpha value is 0.724. The van der Waals surface area contributed by atoms with Gasteiger partial charge >= 0.3 is 5.97 Å². The summed E-state index contributed by atoms with van der Waals surface area (Å²) in [5, 5.41) is -0.0789. The lowest BCUT2D eigenvalue weighted by Gasteiger charge is -2.37. The highest BCUT2D eigenvalue weighted by atomic mass is 35.5. The predicted molar refractivity (Wildman–Crippen MR) is 186 cm³/mol. The van der Waals surface area contributed by atoms with E-state index in [-0.39, 0.29) is 34.5 Å². The number of rotatable bonds is 23. The summed E-state index contributed by atoms with van der Waals surface area (Å²) in [5.41, 5.74) is 0. The molecule has 0 bridgehead atoms. The van der Waals surface area contributed by atoms with Crippen molar-refractivity contribution in [1.82, 2.24) is 0 Å². The van der Waals surface area contributed by atoms with Crippen molar-refractivity contribution in [2.24, 2.45) is 0 Å². The van der Waals surface area contributed by atoms with Crippen LogP contribution < -0.4 is 0 Å². The summed E-state index contributed by atoms with van der Waals surface area (Å²) in [7, 11) is -3.72. The Labute approximate surface area is 275 Å². The van der Waals surface area contributed by atoms with Crippen LogP contribution in [0.5, 0.6) is 0 Å². The summed E-state index contributed by atoms with van der Waals surface area (Å²) >= 11 is 26.8. The largest absolute Gasteiger partial charge is 0.462 e. The summed E-state index contributed by atoms with van der Waals surface area (Å²) < 4.78 is 17.2. The third-order valence-electron chi connectivity index (χ3n) is 8.63. The zero-order valence-corrected chi connectivity index (χ0v) is 32.5.